The molecule has 1 fully saturated rings. The maximum Gasteiger partial charge on any atom is 0.306 e. The predicted octanol–water partition coefficient (Wildman–Crippen LogP) is 14.1. The quantitative estimate of drug-likeness (QED) is 0.0149. The van der Waals surface area contributed by atoms with Crippen molar-refractivity contribution in [1.29, 1.82) is 0 Å². The van der Waals surface area contributed by atoms with Crippen molar-refractivity contribution in [3.05, 3.63) is 48.6 Å². The van der Waals surface area contributed by atoms with Crippen molar-refractivity contribution in [2.75, 3.05) is 13.2 Å². The zero-order chi connectivity index (χ0) is 53.3. The van der Waals surface area contributed by atoms with Crippen LogP contribution in [0.4, 0.5) is 0 Å². The average Bonchev–Trinajstić information content (AvgIpc) is 3.39. The summed E-state index contributed by atoms with van der Waals surface area (Å²) in [6, 6.07) is -1.03. The van der Waals surface area contributed by atoms with Gasteiger partial charge in [0.05, 0.1) is 25.4 Å². The first kappa shape index (κ1) is 68.6. The van der Waals surface area contributed by atoms with Crippen LogP contribution in [0.3, 0.4) is 0 Å². The molecule has 0 aliphatic carbocycles. The maximum atomic E-state index is 13.4. The third-order valence-electron chi connectivity index (χ3n) is 14.3. The Bertz CT molecular complexity index is 1370. The Balaban J connectivity index is 2.70. The molecule has 11 heteroatoms. The lowest BCUT2D eigenvalue weighted by atomic mass is 9.99. The van der Waals surface area contributed by atoms with E-state index in [2.05, 4.69) is 44.3 Å². The standard InChI is InChI=1S/C62H113NO10/c1-4-7-10-13-16-19-22-25-26-27-28-29-32-34-37-40-43-46-49-55(66)61(70)63-53(54(65)48-45-42-39-36-33-30-23-20-17-14-11-8-5-2)52-71-62-60(59(69)58(68)56(51-64)72-62)73-57(67)50-47-44-41-38-35-31-24-21-18-15-12-9-6-3/h9,12,15,18,21,24,45,48,53-56,58-60,62,64-66,68-69H,4-8,10-11,13-14,16-17,19-20,22-23,25-44,46-47,49-52H2,1-3H3,(H,63,70)/b12-9+,18-15+,24-21-,48-45+. The summed E-state index contributed by atoms with van der Waals surface area (Å²) in [5.74, 6) is -1.21. The van der Waals surface area contributed by atoms with Gasteiger partial charge in [0, 0.05) is 6.42 Å². The van der Waals surface area contributed by atoms with Crippen LogP contribution in [0.25, 0.3) is 0 Å². The molecule has 0 saturated carbocycles. The molecular weight excluding hydrogens is 919 g/mol. The number of esters is 1. The molecule has 0 aromatic heterocycles. The van der Waals surface area contributed by atoms with Crippen molar-refractivity contribution in [2.45, 2.75) is 320 Å². The van der Waals surface area contributed by atoms with Crippen molar-refractivity contribution in [3.8, 4) is 0 Å². The number of hydrogen-bond donors (Lipinski definition) is 6. The second-order valence-corrected chi connectivity index (χ2v) is 21.1. The van der Waals surface area contributed by atoms with Crippen molar-refractivity contribution in [3.63, 3.8) is 0 Å². The van der Waals surface area contributed by atoms with E-state index in [0.717, 1.165) is 77.0 Å². The molecular formula is C62H113NO10. The van der Waals surface area contributed by atoms with Crippen LogP contribution in [0.15, 0.2) is 48.6 Å². The molecule has 8 unspecified atom stereocenters. The number of unbranched alkanes of at least 4 members (excludes halogenated alkanes) is 33. The molecule has 1 saturated heterocycles. The van der Waals surface area contributed by atoms with Crippen molar-refractivity contribution < 1.29 is 49.3 Å². The SMILES string of the molecule is CC/C=C/C=C/C=C\CCCCCCCC(=O)OC1C(OCC(NC(=O)C(O)CCCCCCCCCCCCCCCCCCCC)C(O)/C=C/CCCCCCCCCCCCC)OC(CO)C(O)C1O. The van der Waals surface area contributed by atoms with Gasteiger partial charge in [-0.05, 0) is 44.9 Å². The molecule has 0 aromatic carbocycles. The smallest absolute Gasteiger partial charge is 0.306 e. The number of hydrogen-bond acceptors (Lipinski definition) is 10. The summed E-state index contributed by atoms with van der Waals surface area (Å²) in [7, 11) is 0. The Kier molecular flexibility index (Phi) is 47.4. The van der Waals surface area contributed by atoms with Gasteiger partial charge in [0.25, 0.3) is 0 Å². The van der Waals surface area contributed by atoms with Gasteiger partial charge in [-0.25, -0.2) is 0 Å². The average molecular weight is 1030 g/mol. The summed E-state index contributed by atoms with van der Waals surface area (Å²) in [6.45, 7) is 5.66. The predicted molar refractivity (Wildman–Crippen MR) is 301 cm³/mol. The van der Waals surface area contributed by atoms with Gasteiger partial charge in [0.1, 0.15) is 24.4 Å². The van der Waals surface area contributed by atoms with Crippen LogP contribution in [0, 0.1) is 0 Å². The minimum atomic E-state index is -1.62. The molecule has 6 N–H and O–H groups in total. The number of aliphatic hydroxyl groups excluding tert-OH is 5. The highest BCUT2D eigenvalue weighted by atomic mass is 16.7. The molecule has 1 aliphatic heterocycles. The van der Waals surface area contributed by atoms with E-state index in [1.807, 2.05) is 24.3 Å². The Morgan fingerprint density at radius 2 is 0.986 bits per heavy atom. The minimum absolute atomic E-state index is 0.101. The molecule has 0 spiro atoms. The number of allylic oxidation sites excluding steroid dienone is 7. The number of carbonyl (C=O) groups is 2. The molecule has 1 rings (SSSR count). The van der Waals surface area contributed by atoms with Gasteiger partial charge in [-0.3, -0.25) is 9.59 Å². The lowest BCUT2D eigenvalue weighted by molar-refractivity contribution is -0.305. The van der Waals surface area contributed by atoms with Crippen molar-refractivity contribution in [1.82, 2.24) is 5.32 Å². The zero-order valence-electron chi connectivity index (χ0n) is 47.0. The molecule has 0 bridgehead atoms. The molecule has 0 aromatic rings. The lowest BCUT2D eigenvalue weighted by Gasteiger charge is -2.41. The van der Waals surface area contributed by atoms with Gasteiger partial charge in [-0.15, -0.1) is 0 Å². The Labute approximate surface area is 446 Å². The first-order valence-corrected chi connectivity index (χ1v) is 30.4. The first-order valence-electron chi connectivity index (χ1n) is 30.4. The van der Waals surface area contributed by atoms with Crippen LogP contribution in [0.1, 0.15) is 271 Å². The van der Waals surface area contributed by atoms with Crippen LogP contribution < -0.4 is 5.32 Å². The molecule has 8 atom stereocenters. The summed E-state index contributed by atoms with van der Waals surface area (Å²) < 4.78 is 17.6. The summed E-state index contributed by atoms with van der Waals surface area (Å²) in [5.41, 5.74) is 0. The fourth-order valence-electron chi connectivity index (χ4n) is 9.48. The van der Waals surface area contributed by atoms with E-state index >= 15 is 0 Å². The highest BCUT2D eigenvalue weighted by Crippen LogP contribution is 2.26. The summed E-state index contributed by atoms with van der Waals surface area (Å²) in [6.07, 6.45) is 50.1. The third kappa shape index (κ3) is 38.8. The lowest BCUT2D eigenvalue weighted by Crippen LogP contribution is -2.61. The number of amides is 1. The largest absolute Gasteiger partial charge is 0.454 e. The Morgan fingerprint density at radius 3 is 1.47 bits per heavy atom. The topological polar surface area (TPSA) is 175 Å². The van der Waals surface area contributed by atoms with E-state index in [4.69, 9.17) is 14.2 Å². The van der Waals surface area contributed by atoms with E-state index in [1.54, 1.807) is 6.08 Å². The molecule has 0 radical (unpaired) electrons. The number of ether oxygens (including phenoxy) is 3. The summed E-state index contributed by atoms with van der Waals surface area (Å²) in [5, 5.41) is 56.9. The molecule has 1 aliphatic rings. The van der Waals surface area contributed by atoms with Crippen LogP contribution in [-0.4, -0.2) is 99.6 Å². The molecule has 1 heterocycles. The fourth-order valence-corrected chi connectivity index (χ4v) is 9.48. The van der Waals surface area contributed by atoms with Gasteiger partial charge < -0.3 is 45.1 Å². The van der Waals surface area contributed by atoms with E-state index in [1.165, 1.54) is 148 Å². The van der Waals surface area contributed by atoms with Crippen molar-refractivity contribution >= 4 is 11.9 Å². The Morgan fingerprint density at radius 1 is 0.548 bits per heavy atom. The van der Waals surface area contributed by atoms with Gasteiger partial charge in [0.15, 0.2) is 12.4 Å². The fraction of sp³-hybridized carbons (Fsp3) is 0.839. The van der Waals surface area contributed by atoms with Gasteiger partial charge in [-0.2, -0.15) is 0 Å². The number of rotatable bonds is 51. The van der Waals surface area contributed by atoms with E-state index < -0.39 is 67.4 Å². The van der Waals surface area contributed by atoms with E-state index in [0.29, 0.717) is 19.3 Å². The maximum absolute atomic E-state index is 13.4. The van der Waals surface area contributed by atoms with Crippen molar-refractivity contribution in [2.24, 2.45) is 0 Å². The van der Waals surface area contributed by atoms with Crippen LogP contribution in [0.2, 0.25) is 0 Å². The third-order valence-corrected chi connectivity index (χ3v) is 14.3. The highest BCUT2D eigenvalue weighted by molar-refractivity contribution is 5.80. The number of nitrogens with one attached hydrogen (secondary N) is 1. The van der Waals surface area contributed by atoms with Crippen LogP contribution >= 0.6 is 0 Å². The molecule has 11 nitrogen and oxygen atoms in total. The second kappa shape index (κ2) is 50.4. The summed E-state index contributed by atoms with van der Waals surface area (Å²) >= 11 is 0. The monoisotopic (exact) mass is 1030 g/mol. The summed E-state index contributed by atoms with van der Waals surface area (Å²) in [4.78, 5) is 26.5. The normalized spacial score (nSPS) is 19.7. The zero-order valence-corrected chi connectivity index (χ0v) is 47.0. The minimum Gasteiger partial charge on any atom is -0.454 e. The van der Waals surface area contributed by atoms with Crippen LogP contribution in [0.5, 0.6) is 0 Å². The highest BCUT2D eigenvalue weighted by Gasteiger charge is 2.47. The van der Waals surface area contributed by atoms with Gasteiger partial charge in [-0.1, -0.05) is 268 Å². The van der Waals surface area contributed by atoms with E-state index in [9.17, 15) is 35.1 Å². The molecule has 73 heavy (non-hydrogen) atoms. The number of carbonyl (C=O) groups excluding carboxylic acids is 2. The Hall–Kier alpha value is -2.38. The van der Waals surface area contributed by atoms with Gasteiger partial charge in [0.2, 0.25) is 5.91 Å². The van der Waals surface area contributed by atoms with Gasteiger partial charge >= 0.3 is 5.97 Å². The first-order chi connectivity index (χ1) is 35.7. The number of aliphatic hydroxyl groups is 5. The molecule has 1 amide bonds. The molecule has 426 valence electrons. The van der Waals surface area contributed by atoms with E-state index in [-0.39, 0.29) is 13.0 Å². The van der Waals surface area contributed by atoms with Crippen LogP contribution in [-0.2, 0) is 23.8 Å². The second-order valence-electron chi connectivity index (χ2n) is 21.1.